The Hall–Kier alpha value is -1.01. The Labute approximate surface area is 127 Å². The maximum absolute atomic E-state index is 11.6. The lowest BCUT2D eigenvalue weighted by molar-refractivity contribution is -0.123. The van der Waals surface area contributed by atoms with Crippen LogP contribution in [0.1, 0.15) is 0 Å². The average Bonchev–Trinajstić information content (AvgIpc) is 2.78. The predicted molar refractivity (Wildman–Crippen MR) is 77.3 cm³/mol. The third-order valence-corrected chi connectivity index (χ3v) is 3.51. The smallest absolute Gasteiger partial charge is 0.257 e. The Kier molecular flexibility index (Phi) is 5.48. The van der Waals surface area contributed by atoms with Crippen LogP contribution in [0.2, 0.25) is 10.0 Å². The maximum Gasteiger partial charge on any atom is 0.257 e. The molecule has 0 saturated carbocycles. The van der Waals surface area contributed by atoms with Gasteiger partial charge in [-0.3, -0.25) is 4.79 Å². The highest BCUT2D eigenvalue weighted by Crippen LogP contribution is 2.23. The fraction of sp³-hybridized carbons (Fsp3) is 0.462. The van der Waals surface area contributed by atoms with Crippen molar-refractivity contribution in [2.75, 3.05) is 26.2 Å². The van der Waals surface area contributed by atoms with Crippen LogP contribution < -0.4 is 15.4 Å². The minimum atomic E-state index is -0.414. The standard InChI is InChI=1S/C13H16Cl2N2O3/c14-9-1-10(15)3-11(2-9)20-7-13(19)17-5-8-4-16-6-12(8)18/h1-3,8,12,16,18H,4-7H2,(H,17,19). The van der Waals surface area contributed by atoms with Gasteiger partial charge in [-0.05, 0) is 18.2 Å². The molecule has 2 rings (SSSR count). The molecule has 1 aromatic carbocycles. The Morgan fingerprint density at radius 1 is 1.35 bits per heavy atom. The highest BCUT2D eigenvalue weighted by molar-refractivity contribution is 6.34. The molecule has 110 valence electrons. The van der Waals surface area contributed by atoms with Crippen molar-refractivity contribution in [1.82, 2.24) is 10.6 Å². The number of ether oxygens (including phenoxy) is 1. The van der Waals surface area contributed by atoms with E-state index in [4.69, 9.17) is 27.9 Å². The number of hydrogen-bond acceptors (Lipinski definition) is 4. The number of hydrogen-bond donors (Lipinski definition) is 3. The van der Waals surface area contributed by atoms with Crippen molar-refractivity contribution < 1.29 is 14.6 Å². The fourth-order valence-corrected chi connectivity index (χ4v) is 2.49. The molecule has 0 radical (unpaired) electrons. The first kappa shape index (κ1) is 15.4. The quantitative estimate of drug-likeness (QED) is 0.759. The van der Waals surface area contributed by atoms with E-state index in [1.807, 2.05) is 0 Å². The van der Waals surface area contributed by atoms with Gasteiger partial charge in [0.15, 0.2) is 6.61 Å². The fourth-order valence-electron chi connectivity index (χ4n) is 1.98. The number of benzene rings is 1. The van der Waals surface area contributed by atoms with E-state index in [-0.39, 0.29) is 18.4 Å². The molecule has 0 spiro atoms. The summed E-state index contributed by atoms with van der Waals surface area (Å²) in [5, 5.41) is 16.3. The van der Waals surface area contributed by atoms with Crippen molar-refractivity contribution in [2.24, 2.45) is 5.92 Å². The van der Waals surface area contributed by atoms with Crippen molar-refractivity contribution in [2.45, 2.75) is 6.10 Å². The SMILES string of the molecule is O=C(COc1cc(Cl)cc(Cl)c1)NCC1CNCC1O. The highest BCUT2D eigenvalue weighted by atomic mass is 35.5. The first-order chi connectivity index (χ1) is 9.54. The van der Waals surface area contributed by atoms with Crippen LogP contribution >= 0.6 is 23.2 Å². The van der Waals surface area contributed by atoms with Gasteiger partial charge < -0.3 is 20.5 Å². The van der Waals surface area contributed by atoms with Gasteiger partial charge in [0.1, 0.15) is 5.75 Å². The van der Waals surface area contributed by atoms with E-state index in [9.17, 15) is 9.90 Å². The Morgan fingerprint density at radius 3 is 2.65 bits per heavy atom. The van der Waals surface area contributed by atoms with Gasteiger partial charge in [-0.25, -0.2) is 0 Å². The molecule has 7 heteroatoms. The second-order valence-corrected chi connectivity index (χ2v) is 5.56. The summed E-state index contributed by atoms with van der Waals surface area (Å²) in [5.41, 5.74) is 0. The predicted octanol–water partition coefficient (Wildman–Crippen LogP) is 1.07. The summed E-state index contributed by atoms with van der Waals surface area (Å²) in [4.78, 5) is 11.6. The van der Waals surface area contributed by atoms with Gasteiger partial charge in [0.05, 0.1) is 6.10 Å². The van der Waals surface area contributed by atoms with Gasteiger partial charge in [-0.2, -0.15) is 0 Å². The normalized spacial score (nSPS) is 21.8. The minimum Gasteiger partial charge on any atom is -0.484 e. The van der Waals surface area contributed by atoms with Crippen molar-refractivity contribution in [3.05, 3.63) is 28.2 Å². The van der Waals surface area contributed by atoms with E-state index in [2.05, 4.69) is 10.6 Å². The van der Waals surface area contributed by atoms with Crippen LogP contribution in [0.15, 0.2) is 18.2 Å². The molecule has 2 unspecified atom stereocenters. The molecule has 0 aliphatic carbocycles. The molecule has 1 saturated heterocycles. The molecule has 2 atom stereocenters. The molecule has 0 aromatic heterocycles. The van der Waals surface area contributed by atoms with E-state index in [0.717, 1.165) is 0 Å². The summed E-state index contributed by atoms with van der Waals surface area (Å²) in [6.07, 6.45) is -0.414. The molecular formula is C13H16Cl2N2O3. The first-order valence-corrected chi connectivity index (χ1v) is 7.04. The molecule has 5 nitrogen and oxygen atoms in total. The zero-order chi connectivity index (χ0) is 14.5. The van der Waals surface area contributed by atoms with Gasteiger partial charge in [-0.15, -0.1) is 0 Å². The zero-order valence-electron chi connectivity index (χ0n) is 10.7. The third kappa shape index (κ3) is 4.52. The van der Waals surface area contributed by atoms with E-state index in [1.165, 1.54) is 0 Å². The van der Waals surface area contributed by atoms with Crippen molar-refractivity contribution in [1.29, 1.82) is 0 Å². The molecule has 1 fully saturated rings. The topological polar surface area (TPSA) is 70.6 Å². The van der Waals surface area contributed by atoms with Crippen LogP contribution in [0.3, 0.4) is 0 Å². The number of carbonyl (C=O) groups is 1. The number of amides is 1. The minimum absolute atomic E-state index is 0.0413. The van der Waals surface area contributed by atoms with Gasteiger partial charge in [0.2, 0.25) is 0 Å². The molecule has 1 heterocycles. The monoisotopic (exact) mass is 318 g/mol. The average molecular weight is 319 g/mol. The van der Waals surface area contributed by atoms with Crippen LogP contribution in [0.25, 0.3) is 0 Å². The summed E-state index contributed by atoms with van der Waals surface area (Å²) in [6.45, 7) is 1.57. The highest BCUT2D eigenvalue weighted by Gasteiger charge is 2.24. The molecule has 20 heavy (non-hydrogen) atoms. The number of rotatable bonds is 5. The largest absolute Gasteiger partial charge is 0.484 e. The second kappa shape index (κ2) is 7.13. The van der Waals surface area contributed by atoms with Crippen molar-refractivity contribution >= 4 is 29.1 Å². The van der Waals surface area contributed by atoms with E-state index in [0.29, 0.717) is 35.4 Å². The van der Waals surface area contributed by atoms with E-state index in [1.54, 1.807) is 18.2 Å². The molecule has 0 bridgehead atoms. The first-order valence-electron chi connectivity index (χ1n) is 6.29. The number of aliphatic hydroxyl groups excluding tert-OH is 1. The number of nitrogens with one attached hydrogen (secondary N) is 2. The van der Waals surface area contributed by atoms with E-state index >= 15 is 0 Å². The zero-order valence-corrected chi connectivity index (χ0v) is 12.2. The number of β-amino-alcohol motifs (C(OH)–C–C–N with tert-alkyl or cyclic N) is 1. The molecule has 1 aromatic rings. The second-order valence-electron chi connectivity index (χ2n) is 4.68. The molecule has 3 N–H and O–H groups in total. The number of halogens is 2. The summed E-state index contributed by atoms with van der Waals surface area (Å²) in [7, 11) is 0. The number of carbonyl (C=O) groups excluding carboxylic acids is 1. The Morgan fingerprint density at radius 2 is 2.05 bits per heavy atom. The molecule has 1 aliphatic heterocycles. The van der Waals surface area contributed by atoms with Crippen molar-refractivity contribution in [3.63, 3.8) is 0 Å². The lowest BCUT2D eigenvalue weighted by Crippen LogP contribution is -2.36. The third-order valence-electron chi connectivity index (χ3n) is 3.07. The molecular weight excluding hydrogens is 303 g/mol. The summed E-state index contributed by atoms with van der Waals surface area (Å²) >= 11 is 11.7. The van der Waals surface area contributed by atoms with Crippen LogP contribution in [-0.2, 0) is 4.79 Å². The lowest BCUT2D eigenvalue weighted by Gasteiger charge is -2.14. The molecule has 1 aliphatic rings. The summed E-state index contributed by atoms with van der Waals surface area (Å²) in [5.74, 6) is 0.236. The van der Waals surface area contributed by atoms with E-state index < -0.39 is 6.10 Å². The summed E-state index contributed by atoms with van der Waals surface area (Å²) in [6, 6.07) is 4.77. The van der Waals surface area contributed by atoms with Gasteiger partial charge in [0, 0.05) is 35.6 Å². The summed E-state index contributed by atoms with van der Waals surface area (Å²) < 4.78 is 5.31. The lowest BCUT2D eigenvalue weighted by atomic mass is 10.1. The van der Waals surface area contributed by atoms with Crippen molar-refractivity contribution in [3.8, 4) is 5.75 Å². The number of aliphatic hydroxyl groups is 1. The van der Waals surface area contributed by atoms with Gasteiger partial charge in [-0.1, -0.05) is 23.2 Å². The maximum atomic E-state index is 11.6. The molecule has 1 amide bonds. The van der Waals surface area contributed by atoms with Crippen LogP contribution in [0.5, 0.6) is 5.75 Å². The van der Waals surface area contributed by atoms with Gasteiger partial charge in [0.25, 0.3) is 5.91 Å². The Balaban J connectivity index is 1.74. The van der Waals surface area contributed by atoms with Crippen LogP contribution in [0.4, 0.5) is 0 Å². The van der Waals surface area contributed by atoms with Crippen LogP contribution in [-0.4, -0.2) is 43.4 Å². The van der Waals surface area contributed by atoms with Gasteiger partial charge >= 0.3 is 0 Å². The Bertz CT molecular complexity index is 464. The van der Waals surface area contributed by atoms with Crippen LogP contribution in [0, 0.1) is 5.92 Å².